The standard InChI is InChI=1S/C87H162N14O16S2/c1-3-5-7-9-11-13-15-17-19-21-23-25-31-53-78(106)116-62-66(117-79(107)54-32-26-24-22-20-18-16-14-12-10-8-6-4-2)63-118-64-67(91)81(108)99-72(61-102)85(112)97-69(46-36-40-56-89)83(110)95-68(45-35-39-55-88)82(109)96-70(47-37-41-57-90)84(111)98-71(86(113)114)48-38-44-60-94-76(104)51-30-28-42-58-92-75(103)50-29-27-43-59-93-77(105)52-34-33-49-74-80-73(65-119-74)100-87(115)101-80/h66-74,80,102H,3-65,88-91H2,1-2H3,(H,92,103)(H,93,105)(H,94,104)(H,95,110)(H,96,109)(H,97,112)(H,98,111)(H,99,108)(H,113,114)(H2,100,101,115). The van der Waals surface area contributed by atoms with E-state index in [4.69, 9.17) is 32.4 Å². The highest BCUT2D eigenvalue weighted by atomic mass is 32.2. The van der Waals surface area contributed by atoms with Crippen molar-refractivity contribution < 1.29 is 77.2 Å². The molecule has 10 atom stereocenters. The Morgan fingerprint density at radius 1 is 0.429 bits per heavy atom. The van der Waals surface area contributed by atoms with E-state index >= 15 is 0 Å². The monoisotopic (exact) mass is 1720 g/mol. The molecule has 2 aliphatic heterocycles. The fraction of sp³-hybridized carbons (Fsp3) is 0.862. The fourth-order valence-corrected chi connectivity index (χ4v) is 17.1. The Morgan fingerprint density at radius 3 is 1.20 bits per heavy atom. The average Bonchev–Trinajstić information content (AvgIpc) is 1.67. The van der Waals surface area contributed by atoms with E-state index in [9.17, 15) is 67.7 Å². The molecule has 0 radical (unpaired) electrons. The van der Waals surface area contributed by atoms with Crippen LogP contribution in [0.25, 0.3) is 0 Å². The highest BCUT2D eigenvalue weighted by Gasteiger charge is 2.43. The van der Waals surface area contributed by atoms with E-state index in [1.807, 2.05) is 11.8 Å². The molecule has 0 spiro atoms. The van der Waals surface area contributed by atoms with Crippen LogP contribution in [0.15, 0.2) is 0 Å². The number of carboxylic acid groups (broad SMARTS) is 1. The molecule has 2 aliphatic rings. The number of ether oxygens (including phenoxy) is 2. The van der Waals surface area contributed by atoms with Gasteiger partial charge in [-0.15, -0.1) is 0 Å². The maximum atomic E-state index is 14.3. The van der Waals surface area contributed by atoms with Gasteiger partial charge < -0.3 is 95.8 Å². The van der Waals surface area contributed by atoms with Gasteiger partial charge in [-0.3, -0.25) is 47.9 Å². The molecule has 20 N–H and O–H groups in total. The van der Waals surface area contributed by atoms with Crippen molar-refractivity contribution in [2.75, 3.05) is 69.7 Å². The van der Waals surface area contributed by atoms with E-state index in [1.54, 1.807) is 0 Å². The van der Waals surface area contributed by atoms with Gasteiger partial charge in [-0.05, 0) is 148 Å². The molecule has 0 aromatic rings. The number of carbonyl (C=O) groups excluding carboxylic acids is 11. The van der Waals surface area contributed by atoms with Gasteiger partial charge in [0.25, 0.3) is 0 Å². The highest BCUT2D eigenvalue weighted by Crippen LogP contribution is 2.33. The molecule has 2 heterocycles. The van der Waals surface area contributed by atoms with E-state index in [1.165, 1.54) is 127 Å². The molecule has 119 heavy (non-hydrogen) atoms. The van der Waals surface area contributed by atoms with E-state index < -0.39 is 90.4 Å². The number of hydrogen-bond acceptors (Lipinski definition) is 21. The van der Waals surface area contributed by atoms with Crippen molar-refractivity contribution in [1.82, 2.24) is 53.2 Å². The van der Waals surface area contributed by atoms with Crippen molar-refractivity contribution in [2.24, 2.45) is 22.9 Å². The molecule has 2 fully saturated rings. The summed E-state index contributed by atoms with van der Waals surface area (Å²) < 4.78 is 11.5. The van der Waals surface area contributed by atoms with Gasteiger partial charge in [0.1, 0.15) is 42.9 Å². The predicted molar refractivity (Wildman–Crippen MR) is 474 cm³/mol. The molecule has 10 unspecified atom stereocenters. The first-order chi connectivity index (χ1) is 57.7. The van der Waals surface area contributed by atoms with Gasteiger partial charge in [0, 0.05) is 74.2 Å². The lowest BCUT2D eigenvalue weighted by Gasteiger charge is -2.27. The van der Waals surface area contributed by atoms with Gasteiger partial charge >= 0.3 is 23.9 Å². The molecule has 0 aromatic carbocycles. The van der Waals surface area contributed by atoms with Gasteiger partial charge in [0.05, 0.1) is 24.7 Å². The number of hydrogen-bond donors (Lipinski definition) is 16. The highest BCUT2D eigenvalue weighted by molar-refractivity contribution is 8.00. The molecule has 688 valence electrons. The number of unbranched alkanes of at least 4 members (excludes halogenated alkanes) is 33. The fourth-order valence-electron chi connectivity index (χ4n) is 14.6. The van der Waals surface area contributed by atoms with Gasteiger partial charge in [0.2, 0.25) is 47.3 Å². The van der Waals surface area contributed by atoms with Crippen LogP contribution in [0.3, 0.4) is 0 Å². The van der Waals surface area contributed by atoms with Gasteiger partial charge in [0.15, 0.2) is 0 Å². The van der Waals surface area contributed by atoms with Crippen molar-refractivity contribution in [3.63, 3.8) is 0 Å². The number of amides is 10. The van der Waals surface area contributed by atoms with Crippen molar-refractivity contribution in [3.8, 4) is 0 Å². The summed E-state index contributed by atoms with van der Waals surface area (Å²) >= 11 is 3.06. The van der Waals surface area contributed by atoms with Crippen molar-refractivity contribution in [3.05, 3.63) is 0 Å². The summed E-state index contributed by atoms with van der Waals surface area (Å²) in [7, 11) is 0. The average molecular weight is 1720 g/mol. The molecule has 0 bridgehead atoms. The second kappa shape index (κ2) is 73.5. The van der Waals surface area contributed by atoms with E-state index in [-0.39, 0.29) is 131 Å². The van der Waals surface area contributed by atoms with Gasteiger partial charge in [-0.25, -0.2) is 9.59 Å². The summed E-state index contributed by atoms with van der Waals surface area (Å²) in [5.74, 6) is -5.28. The molecular formula is C87H162N14O16S2. The first kappa shape index (κ1) is 109. The van der Waals surface area contributed by atoms with Crippen LogP contribution >= 0.6 is 23.5 Å². The third-order valence-electron chi connectivity index (χ3n) is 21.9. The number of thioether (sulfide) groups is 2. The maximum absolute atomic E-state index is 14.3. The number of nitrogens with two attached hydrogens (primary N) is 4. The molecule has 0 saturated carbocycles. The normalized spacial score (nSPS) is 16.0. The molecular weight excluding hydrogens is 1560 g/mol. The summed E-state index contributed by atoms with van der Waals surface area (Å²) in [5.41, 5.74) is 23.8. The van der Waals surface area contributed by atoms with Crippen LogP contribution in [0.4, 0.5) is 4.79 Å². The zero-order valence-electron chi connectivity index (χ0n) is 73.1. The first-order valence-corrected chi connectivity index (χ1v) is 48.5. The molecule has 0 aliphatic carbocycles. The van der Waals surface area contributed by atoms with E-state index in [0.29, 0.717) is 115 Å². The minimum Gasteiger partial charge on any atom is -0.480 e. The van der Waals surface area contributed by atoms with Crippen LogP contribution in [0.2, 0.25) is 0 Å². The number of urea groups is 1. The van der Waals surface area contributed by atoms with Crippen LogP contribution in [-0.2, 0) is 62.2 Å². The minimum absolute atomic E-state index is 0.0114. The second-order valence-electron chi connectivity index (χ2n) is 32.6. The van der Waals surface area contributed by atoms with Crippen LogP contribution < -0.4 is 76.1 Å². The third-order valence-corrected chi connectivity index (χ3v) is 24.6. The first-order valence-electron chi connectivity index (χ1n) is 46.3. The molecule has 10 amide bonds. The number of rotatable bonds is 81. The summed E-state index contributed by atoms with van der Waals surface area (Å²) in [4.78, 5) is 158. The summed E-state index contributed by atoms with van der Waals surface area (Å²) in [6, 6.07) is -7.71. The number of esters is 2. The van der Waals surface area contributed by atoms with Gasteiger partial charge in [-0.2, -0.15) is 23.5 Å². The Balaban J connectivity index is 1.91. The van der Waals surface area contributed by atoms with Gasteiger partial charge in [-0.1, -0.05) is 187 Å². The van der Waals surface area contributed by atoms with E-state index in [2.05, 4.69) is 67.0 Å². The summed E-state index contributed by atoms with van der Waals surface area (Å²) in [6.07, 6.45) is 41.6. The number of nitrogens with one attached hydrogen (secondary N) is 10. The SMILES string of the molecule is CCCCCCCCCCCCCCCC(=O)OCC(CSCC(N)C(=O)NC(CO)C(=O)NC(CCCCN)C(=O)NC(CCCCN)C(=O)NC(CCCCN)C(=O)NC(CCCCNC(=O)CCCCCNC(=O)CCCCCNC(=O)CCCCC1SCC2NC(=O)NC21)C(=O)O)OC(=O)CCCCCCCCCCCCCCC. The lowest BCUT2D eigenvalue weighted by atomic mass is 10.0. The Morgan fingerprint density at radius 2 is 0.782 bits per heavy atom. The number of aliphatic carboxylic acids is 1. The molecule has 2 rings (SSSR count). The Hall–Kier alpha value is -6.06. The minimum atomic E-state index is -1.57. The van der Waals surface area contributed by atoms with Crippen LogP contribution in [0.5, 0.6) is 0 Å². The number of aliphatic hydroxyl groups excluding tert-OH is 1. The quantitative estimate of drug-likeness (QED) is 0.0153. The predicted octanol–water partition coefficient (Wildman–Crippen LogP) is 9.72. The van der Waals surface area contributed by atoms with E-state index in [0.717, 1.165) is 82.8 Å². The zero-order valence-corrected chi connectivity index (χ0v) is 74.7. The van der Waals surface area contributed by atoms with Crippen molar-refractivity contribution >= 4 is 94.7 Å². The number of fused-ring (bicyclic) bond motifs is 1. The largest absolute Gasteiger partial charge is 0.480 e. The van der Waals surface area contributed by atoms with Crippen LogP contribution in [0.1, 0.15) is 348 Å². The molecule has 0 aromatic heterocycles. The third kappa shape index (κ3) is 57.1. The summed E-state index contributed by atoms with van der Waals surface area (Å²) in [6.45, 7) is 5.54. The smallest absolute Gasteiger partial charge is 0.326 e. The lowest BCUT2D eigenvalue weighted by molar-refractivity contribution is -0.157. The Labute approximate surface area is 721 Å². The van der Waals surface area contributed by atoms with Crippen LogP contribution in [0, 0.1) is 0 Å². The molecule has 32 heteroatoms. The number of aliphatic hydroxyl groups is 1. The molecule has 30 nitrogen and oxygen atoms in total. The Bertz CT molecular complexity index is 2770. The summed E-state index contributed by atoms with van der Waals surface area (Å²) in [5, 5.41) is 48.9. The van der Waals surface area contributed by atoms with Crippen LogP contribution in [-0.4, -0.2) is 211 Å². The van der Waals surface area contributed by atoms with Crippen molar-refractivity contribution in [1.29, 1.82) is 0 Å². The second-order valence-corrected chi connectivity index (χ2v) is 35.0. The zero-order chi connectivity index (χ0) is 87.1. The lowest BCUT2D eigenvalue weighted by Crippen LogP contribution is -2.59. The van der Waals surface area contributed by atoms with Crippen molar-refractivity contribution in [2.45, 2.75) is 407 Å². The number of carbonyl (C=O) groups is 12. The maximum Gasteiger partial charge on any atom is 0.326 e. The Kier molecular flexibility index (Phi) is 67.3. The molecule has 2 saturated heterocycles. The topological polar surface area (TPSA) is 488 Å². The number of carboxylic acids is 1.